The van der Waals surface area contributed by atoms with Crippen molar-refractivity contribution in [2.45, 2.75) is 71.1 Å². The predicted octanol–water partition coefficient (Wildman–Crippen LogP) is 4.24. The Hall–Kier alpha value is -0.150. The lowest BCUT2D eigenvalue weighted by Crippen LogP contribution is -2.28. The van der Waals surface area contributed by atoms with Crippen molar-refractivity contribution >= 4 is 12.6 Å². The highest BCUT2D eigenvalue weighted by atomic mass is 32.1. The zero-order valence-corrected chi connectivity index (χ0v) is 14.6. The molecule has 1 saturated carbocycles. The van der Waals surface area contributed by atoms with E-state index >= 15 is 0 Å². The molecule has 2 nitrogen and oxygen atoms in total. The molecule has 1 rings (SSSR count). The van der Waals surface area contributed by atoms with E-state index in [1.807, 2.05) is 27.1 Å². The van der Waals surface area contributed by atoms with Crippen LogP contribution in [0.2, 0.25) is 0 Å². The first-order valence-corrected chi connectivity index (χ1v) is 8.35. The van der Waals surface area contributed by atoms with Crippen molar-refractivity contribution in [3.63, 3.8) is 0 Å². The Kier molecular flexibility index (Phi) is 17.7. The number of hydrogen-bond acceptors (Lipinski definition) is 3. The fourth-order valence-electron chi connectivity index (χ4n) is 1.97. The molecule has 0 heterocycles. The van der Waals surface area contributed by atoms with Gasteiger partial charge in [-0.2, -0.15) is 12.6 Å². The van der Waals surface area contributed by atoms with Crippen molar-refractivity contribution in [2.24, 2.45) is 5.92 Å². The topological polar surface area (TPSA) is 24.1 Å². The Labute approximate surface area is 127 Å². The third-order valence-corrected chi connectivity index (χ3v) is 3.83. The number of thiol groups is 1. The van der Waals surface area contributed by atoms with E-state index in [1.54, 1.807) is 0 Å². The van der Waals surface area contributed by atoms with Gasteiger partial charge in [0.05, 0.1) is 0 Å². The summed E-state index contributed by atoms with van der Waals surface area (Å²) in [6.07, 6.45) is 8.38. The summed E-state index contributed by atoms with van der Waals surface area (Å²) in [6.45, 7) is 13.1. The minimum atomic E-state index is 0.532. The van der Waals surface area contributed by atoms with E-state index in [1.165, 1.54) is 25.7 Å². The quantitative estimate of drug-likeness (QED) is 0.659. The summed E-state index contributed by atoms with van der Waals surface area (Å²) in [5.74, 6) is 0.947. The average Bonchev–Trinajstić information content (AvgIpc) is 2.45. The van der Waals surface area contributed by atoms with Crippen LogP contribution in [0.3, 0.4) is 0 Å². The Bertz CT molecular complexity index is 178. The first kappa shape index (κ1) is 21.2. The molecule has 0 radical (unpaired) electrons. The molecule has 0 aliphatic heterocycles. The van der Waals surface area contributed by atoms with E-state index in [9.17, 15) is 0 Å². The number of hydrogen-bond donors (Lipinski definition) is 3. The van der Waals surface area contributed by atoms with Gasteiger partial charge in [0.15, 0.2) is 0 Å². The summed E-state index contributed by atoms with van der Waals surface area (Å²) in [4.78, 5) is 0. The third kappa shape index (κ3) is 14.1. The molecule has 0 aromatic carbocycles. The van der Waals surface area contributed by atoms with Gasteiger partial charge in [0.1, 0.15) is 0 Å². The van der Waals surface area contributed by atoms with Crippen molar-refractivity contribution in [1.82, 2.24) is 10.6 Å². The number of rotatable bonds is 5. The van der Waals surface area contributed by atoms with Gasteiger partial charge in [-0.1, -0.05) is 34.3 Å². The minimum absolute atomic E-state index is 0.532. The largest absolute Gasteiger partial charge is 0.389 e. The van der Waals surface area contributed by atoms with Crippen LogP contribution in [0.25, 0.3) is 0 Å². The standard InChI is InChI=1S/C9H17N.C5H13NS.C2H6/c1-3-10-9-6-4-8(2)5-7-9;1-3-5(7)4-6-2;1-2/h3,8-10H,1,4-7H2,2H3;5-7H,3-4H2,1-2H3;1-2H3. The normalized spacial score (nSPS) is 23.1. The predicted molar refractivity (Wildman–Crippen MR) is 93.1 cm³/mol. The summed E-state index contributed by atoms with van der Waals surface area (Å²) in [5.41, 5.74) is 0. The third-order valence-electron chi connectivity index (χ3n) is 3.28. The lowest BCUT2D eigenvalue weighted by molar-refractivity contribution is 0.325. The Morgan fingerprint density at radius 1 is 1.26 bits per heavy atom. The highest BCUT2D eigenvalue weighted by molar-refractivity contribution is 7.81. The van der Waals surface area contributed by atoms with Gasteiger partial charge in [0.25, 0.3) is 0 Å². The molecule has 2 N–H and O–H groups in total. The first-order chi connectivity index (χ1) is 9.13. The molecule has 0 amide bonds. The van der Waals surface area contributed by atoms with Crippen LogP contribution in [-0.2, 0) is 0 Å². The van der Waals surface area contributed by atoms with Crippen LogP contribution >= 0.6 is 12.6 Å². The highest BCUT2D eigenvalue weighted by Crippen LogP contribution is 2.23. The van der Waals surface area contributed by atoms with Gasteiger partial charge in [-0.25, -0.2) is 0 Å². The molecule has 19 heavy (non-hydrogen) atoms. The van der Waals surface area contributed by atoms with E-state index in [0.717, 1.165) is 18.9 Å². The van der Waals surface area contributed by atoms with Crippen molar-refractivity contribution in [3.8, 4) is 0 Å². The maximum absolute atomic E-state index is 4.25. The zero-order chi connectivity index (χ0) is 15.1. The van der Waals surface area contributed by atoms with Crippen LogP contribution in [0.15, 0.2) is 12.8 Å². The van der Waals surface area contributed by atoms with Gasteiger partial charge in [0, 0.05) is 17.8 Å². The van der Waals surface area contributed by atoms with E-state index in [2.05, 4.69) is 43.7 Å². The van der Waals surface area contributed by atoms with E-state index in [-0.39, 0.29) is 0 Å². The molecular weight excluding hydrogens is 252 g/mol. The summed E-state index contributed by atoms with van der Waals surface area (Å²) >= 11 is 4.25. The molecule has 0 saturated heterocycles. The maximum Gasteiger partial charge on any atom is 0.0255 e. The molecule has 3 heteroatoms. The lowest BCUT2D eigenvalue weighted by atomic mass is 9.87. The molecule has 1 atom stereocenters. The van der Waals surface area contributed by atoms with Crippen molar-refractivity contribution in [2.75, 3.05) is 13.6 Å². The van der Waals surface area contributed by atoms with Crippen LogP contribution in [-0.4, -0.2) is 24.9 Å². The second kappa shape index (κ2) is 15.9. The highest BCUT2D eigenvalue weighted by Gasteiger charge is 2.15. The SMILES string of the molecule is C=CNC1CCC(C)CC1.CC.CCC(S)CNC. The molecule has 0 aromatic rings. The molecule has 1 aliphatic carbocycles. The van der Waals surface area contributed by atoms with E-state index in [4.69, 9.17) is 0 Å². The van der Waals surface area contributed by atoms with Crippen molar-refractivity contribution < 1.29 is 0 Å². The zero-order valence-electron chi connectivity index (χ0n) is 13.7. The Morgan fingerprint density at radius 2 is 1.79 bits per heavy atom. The van der Waals surface area contributed by atoms with Gasteiger partial charge in [-0.05, 0) is 51.3 Å². The maximum atomic E-state index is 4.25. The fraction of sp³-hybridized carbons (Fsp3) is 0.875. The average molecular weight is 289 g/mol. The Morgan fingerprint density at radius 3 is 2.11 bits per heavy atom. The summed E-state index contributed by atoms with van der Waals surface area (Å²) in [7, 11) is 1.94. The van der Waals surface area contributed by atoms with Gasteiger partial charge in [0.2, 0.25) is 0 Å². The summed E-state index contributed by atoms with van der Waals surface area (Å²) in [6, 6.07) is 0.716. The van der Waals surface area contributed by atoms with Crippen LogP contribution in [0.4, 0.5) is 0 Å². The second-order valence-corrected chi connectivity index (χ2v) is 5.68. The fourth-order valence-corrected chi connectivity index (χ4v) is 2.16. The van der Waals surface area contributed by atoms with Crippen LogP contribution in [0, 0.1) is 5.92 Å². The van der Waals surface area contributed by atoms with Gasteiger partial charge >= 0.3 is 0 Å². The molecule has 116 valence electrons. The monoisotopic (exact) mass is 288 g/mol. The molecular formula is C16H36N2S. The van der Waals surface area contributed by atoms with E-state index < -0.39 is 0 Å². The molecule has 0 aromatic heterocycles. The summed E-state index contributed by atoms with van der Waals surface area (Å²) in [5, 5.41) is 6.84. The number of nitrogens with one attached hydrogen (secondary N) is 2. The Balaban J connectivity index is 0. The van der Waals surface area contributed by atoms with Crippen LogP contribution < -0.4 is 10.6 Å². The minimum Gasteiger partial charge on any atom is -0.389 e. The van der Waals surface area contributed by atoms with Gasteiger partial charge in [-0.3, -0.25) is 0 Å². The smallest absolute Gasteiger partial charge is 0.0255 e. The molecule has 1 fully saturated rings. The van der Waals surface area contributed by atoms with Gasteiger partial charge < -0.3 is 10.6 Å². The van der Waals surface area contributed by atoms with Crippen LogP contribution in [0.5, 0.6) is 0 Å². The molecule has 1 aliphatic rings. The van der Waals surface area contributed by atoms with Crippen molar-refractivity contribution in [3.05, 3.63) is 12.8 Å². The molecule has 0 spiro atoms. The second-order valence-electron chi connectivity index (χ2n) is 4.95. The molecule has 0 bridgehead atoms. The van der Waals surface area contributed by atoms with Gasteiger partial charge in [-0.15, -0.1) is 0 Å². The molecule has 1 unspecified atom stereocenters. The van der Waals surface area contributed by atoms with E-state index in [0.29, 0.717) is 11.3 Å². The first-order valence-electron chi connectivity index (χ1n) is 7.83. The summed E-state index contributed by atoms with van der Waals surface area (Å²) < 4.78 is 0. The van der Waals surface area contributed by atoms with Crippen LogP contribution in [0.1, 0.15) is 59.8 Å². The lowest BCUT2D eigenvalue weighted by Gasteiger charge is -2.26. The van der Waals surface area contributed by atoms with Crippen molar-refractivity contribution in [1.29, 1.82) is 0 Å².